The van der Waals surface area contributed by atoms with Gasteiger partial charge in [0.1, 0.15) is 6.54 Å². The van der Waals surface area contributed by atoms with Gasteiger partial charge in [-0.2, -0.15) is 0 Å². The van der Waals surface area contributed by atoms with Crippen molar-refractivity contribution in [3.63, 3.8) is 0 Å². The Bertz CT molecular complexity index is 641. The van der Waals surface area contributed by atoms with E-state index in [0.29, 0.717) is 6.54 Å². The zero-order valence-corrected chi connectivity index (χ0v) is 18.6. The summed E-state index contributed by atoms with van der Waals surface area (Å²) in [6, 6.07) is 0. The highest BCUT2D eigenvalue weighted by atomic mass is 16.2. The van der Waals surface area contributed by atoms with Crippen molar-refractivity contribution >= 4 is 11.8 Å². The first-order valence-electron chi connectivity index (χ1n) is 9.60. The molecule has 162 valence electrons. The molecule has 0 bridgehead atoms. The minimum Gasteiger partial charge on any atom is -0.398 e. The fourth-order valence-corrected chi connectivity index (χ4v) is 1.71. The summed E-state index contributed by atoms with van der Waals surface area (Å²) in [6.07, 6.45) is 12.8. The van der Waals surface area contributed by atoms with E-state index in [0.717, 1.165) is 10.6 Å². The topological polar surface area (TPSA) is 101 Å². The number of hydrazine groups is 1. The monoisotopic (exact) mass is 402 g/mol. The highest BCUT2D eigenvalue weighted by Gasteiger charge is 2.19. The molecule has 0 radical (unpaired) electrons. The first-order chi connectivity index (χ1) is 13.9. The van der Waals surface area contributed by atoms with E-state index in [-0.39, 0.29) is 17.8 Å². The normalized spacial score (nSPS) is 11.3. The van der Waals surface area contributed by atoms with Crippen LogP contribution in [-0.4, -0.2) is 29.9 Å². The Hall–Kier alpha value is -3.12. The maximum absolute atomic E-state index is 12.3. The number of nitrogens with one attached hydrogen (secondary N) is 1. The van der Waals surface area contributed by atoms with Crippen molar-refractivity contribution in [2.24, 2.45) is 11.6 Å². The summed E-state index contributed by atoms with van der Waals surface area (Å²) < 4.78 is 0. The molecule has 0 aromatic heterocycles. The molecule has 5 N–H and O–H groups in total. The van der Waals surface area contributed by atoms with Gasteiger partial charge < -0.3 is 11.1 Å². The summed E-state index contributed by atoms with van der Waals surface area (Å²) in [5.41, 5.74) is 7.01. The third-order valence-electron chi connectivity index (χ3n) is 3.01. The molecule has 6 heteroatoms. The lowest BCUT2D eigenvalue weighted by Gasteiger charge is -2.18. The number of allylic oxidation sites excluding steroid dienone is 7. The molecule has 6 nitrogen and oxygen atoms in total. The summed E-state index contributed by atoms with van der Waals surface area (Å²) >= 11 is 0. The lowest BCUT2D eigenvalue weighted by Crippen LogP contribution is -2.46. The predicted octanol–water partition coefficient (Wildman–Crippen LogP) is 3.69. The van der Waals surface area contributed by atoms with E-state index in [1.165, 1.54) is 24.3 Å². The minimum atomic E-state index is -0.594. The average Bonchev–Trinajstić information content (AvgIpc) is 2.74. The van der Waals surface area contributed by atoms with Gasteiger partial charge in [-0.3, -0.25) is 14.6 Å². The molecular formula is C23H38N4O2. The van der Waals surface area contributed by atoms with Gasteiger partial charge in [-0.1, -0.05) is 83.9 Å². The Balaban J connectivity index is -0.00000158. The second kappa shape index (κ2) is 21.2. The van der Waals surface area contributed by atoms with Gasteiger partial charge in [-0.25, -0.2) is 5.84 Å². The molecule has 0 rings (SSSR count). The largest absolute Gasteiger partial charge is 0.398 e. The highest BCUT2D eigenvalue weighted by Crippen LogP contribution is 2.08. The van der Waals surface area contributed by atoms with Crippen molar-refractivity contribution < 1.29 is 9.59 Å². The van der Waals surface area contributed by atoms with Gasteiger partial charge in [0, 0.05) is 12.2 Å². The van der Waals surface area contributed by atoms with Crippen molar-refractivity contribution in [1.29, 1.82) is 0 Å². The zero-order chi connectivity index (χ0) is 23.2. The van der Waals surface area contributed by atoms with E-state index in [2.05, 4.69) is 25.1 Å². The molecular weight excluding hydrogens is 364 g/mol. The Kier molecular flexibility index (Phi) is 22.4. The number of hydrogen-bond acceptors (Lipinski definition) is 4. The van der Waals surface area contributed by atoms with E-state index in [9.17, 15) is 9.59 Å². The molecule has 0 atom stereocenters. The van der Waals surface area contributed by atoms with Crippen molar-refractivity contribution in [3.8, 4) is 0 Å². The molecule has 0 saturated heterocycles. The van der Waals surface area contributed by atoms with E-state index in [4.69, 9.17) is 11.6 Å². The molecule has 0 unspecified atom stereocenters. The van der Waals surface area contributed by atoms with Crippen LogP contribution in [0.2, 0.25) is 0 Å². The Morgan fingerprint density at radius 3 is 2.00 bits per heavy atom. The predicted molar refractivity (Wildman–Crippen MR) is 125 cm³/mol. The first kappa shape index (κ1) is 30.6. The van der Waals surface area contributed by atoms with Gasteiger partial charge in [0.05, 0.1) is 5.57 Å². The third-order valence-corrected chi connectivity index (χ3v) is 3.01. The van der Waals surface area contributed by atoms with Crippen LogP contribution in [0.3, 0.4) is 0 Å². The molecule has 29 heavy (non-hydrogen) atoms. The molecule has 0 aromatic carbocycles. The number of amides is 2. The van der Waals surface area contributed by atoms with Crippen LogP contribution in [-0.2, 0) is 9.59 Å². The number of nitrogens with two attached hydrogens (primary N) is 2. The molecule has 2 amide bonds. The van der Waals surface area contributed by atoms with Gasteiger partial charge in [0.2, 0.25) is 5.91 Å². The molecule has 0 aliphatic carbocycles. The molecule has 0 heterocycles. The van der Waals surface area contributed by atoms with E-state index >= 15 is 0 Å². The van der Waals surface area contributed by atoms with Gasteiger partial charge in [-0.05, 0) is 24.6 Å². The third kappa shape index (κ3) is 14.6. The van der Waals surface area contributed by atoms with E-state index in [1.54, 1.807) is 12.2 Å². The SMILES string of the molecule is C=C/C=C\C(=C/C)CNC(=O)CN(N)C(=O)C(=C/C=C)/C(N)=C\C=C.CC.CC. The Labute approximate surface area is 176 Å². The molecule has 0 fully saturated rings. The maximum Gasteiger partial charge on any atom is 0.270 e. The summed E-state index contributed by atoms with van der Waals surface area (Å²) in [6.45, 7) is 20.5. The zero-order valence-electron chi connectivity index (χ0n) is 18.6. The summed E-state index contributed by atoms with van der Waals surface area (Å²) in [5, 5.41) is 3.48. The molecule has 0 spiro atoms. The van der Waals surface area contributed by atoms with Crippen LogP contribution in [0.25, 0.3) is 0 Å². The van der Waals surface area contributed by atoms with Crippen LogP contribution in [0.15, 0.2) is 85.2 Å². The van der Waals surface area contributed by atoms with Crippen LogP contribution in [0.4, 0.5) is 0 Å². The number of nitrogens with zero attached hydrogens (tertiary/aromatic N) is 1. The van der Waals surface area contributed by atoms with Crippen LogP contribution < -0.4 is 16.9 Å². The van der Waals surface area contributed by atoms with E-state index < -0.39 is 11.8 Å². The molecule has 0 saturated carbocycles. The van der Waals surface area contributed by atoms with Crippen molar-refractivity contribution in [2.45, 2.75) is 34.6 Å². The lowest BCUT2D eigenvalue weighted by molar-refractivity contribution is -0.133. The summed E-state index contributed by atoms with van der Waals surface area (Å²) in [4.78, 5) is 24.3. The highest BCUT2D eigenvalue weighted by molar-refractivity contribution is 5.99. The second-order valence-electron chi connectivity index (χ2n) is 4.84. The summed E-state index contributed by atoms with van der Waals surface area (Å²) in [5.74, 6) is 4.71. The van der Waals surface area contributed by atoms with Gasteiger partial charge in [0.15, 0.2) is 0 Å². The van der Waals surface area contributed by atoms with Crippen molar-refractivity contribution in [3.05, 3.63) is 85.2 Å². The Morgan fingerprint density at radius 2 is 1.55 bits per heavy atom. The fourth-order valence-electron chi connectivity index (χ4n) is 1.71. The van der Waals surface area contributed by atoms with Gasteiger partial charge >= 0.3 is 0 Å². The van der Waals surface area contributed by atoms with Crippen LogP contribution in [0, 0.1) is 0 Å². The van der Waals surface area contributed by atoms with Crippen LogP contribution in [0.5, 0.6) is 0 Å². The number of carbonyl (C=O) groups excluding carboxylic acids is 2. The molecule has 0 aliphatic heterocycles. The maximum atomic E-state index is 12.3. The lowest BCUT2D eigenvalue weighted by atomic mass is 10.1. The van der Waals surface area contributed by atoms with Crippen molar-refractivity contribution in [1.82, 2.24) is 10.3 Å². The number of carbonyl (C=O) groups is 2. The number of rotatable bonds is 10. The van der Waals surface area contributed by atoms with Crippen LogP contribution >= 0.6 is 0 Å². The van der Waals surface area contributed by atoms with Gasteiger partial charge in [-0.15, -0.1) is 0 Å². The number of hydrogen-bond donors (Lipinski definition) is 3. The Morgan fingerprint density at radius 1 is 1.00 bits per heavy atom. The first-order valence-corrected chi connectivity index (χ1v) is 9.60. The van der Waals surface area contributed by atoms with Crippen LogP contribution in [0.1, 0.15) is 34.6 Å². The average molecular weight is 403 g/mol. The van der Waals surface area contributed by atoms with Crippen molar-refractivity contribution in [2.75, 3.05) is 13.1 Å². The molecule has 0 aliphatic rings. The summed E-state index contributed by atoms with van der Waals surface area (Å²) in [7, 11) is 0. The molecule has 0 aromatic rings. The quantitative estimate of drug-likeness (QED) is 0.170. The minimum absolute atomic E-state index is 0.133. The fraction of sp³-hybridized carbons (Fsp3) is 0.304. The van der Waals surface area contributed by atoms with Gasteiger partial charge in [0.25, 0.3) is 5.91 Å². The second-order valence-corrected chi connectivity index (χ2v) is 4.84. The smallest absolute Gasteiger partial charge is 0.270 e. The standard InChI is InChI=1S/C19H26N4O2.2C2H6/c1-5-9-12-15(8-4)13-22-18(24)14-23(21)19(25)16(10-6-2)17(20)11-7-3;2*1-2/h5-12H,1-3,13-14,20-21H2,4H3,(H,22,24);2*1-2H3/b12-9-,15-8+,16-10+,17-11+;;. The van der Waals surface area contributed by atoms with E-state index in [1.807, 2.05) is 46.8 Å².